The predicted molar refractivity (Wildman–Crippen MR) is 76.4 cm³/mol. The number of hydrogen-bond acceptors (Lipinski definition) is 4. The molecule has 0 saturated carbocycles. The van der Waals surface area contributed by atoms with Crippen LogP contribution in [-0.2, 0) is 0 Å². The number of aromatic nitrogens is 1. The predicted octanol–water partition coefficient (Wildman–Crippen LogP) is 1.37. The molecule has 18 heavy (non-hydrogen) atoms. The molecule has 0 radical (unpaired) electrons. The second-order valence-corrected chi connectivity index (χ2v) is 3.91. The Morgan fingerprint density at radius 1 is 1.17 bits per heavy atom. The molecule has 2 aromatic rings. The summed E-state index contributed by atoms with van der Waals surface area (Å²) in [6.07, 6.45) is 0. The third kappa shape index (κ3) is 2.63. The quantitative estimate of drug-likeness (QED) is 0.833. The van der Waals surface area contributed by atoms with Crippen LogP contribution in [0.4, 0.5) is 5.69 Å². The van der Waals surface area contributed by atoms with E-state index in [4.69, 9.17) is 4.42 Å². The van der Waals surface area contributed by atoms with Gasteiger partial charge in [-0.1, -0.05) is 6.07 Å². The lowest BCUT2D eigenvalue weighted by Crippen LogP contribution is -2.43. The first kappa shape index (κ1) is 14.9. The minimum Gasteiger partial charge on any atom is -0.406 e. The zero-order valence-corrected chi connectivity index (χ0v) is 11.3. The molecule has 0 unspecified atom stereocenters. The van der Waals surface area contributed by atoms with Crippen molar-refractivity contribution < 1.29 is 4.42 Å². The van der Waals surface area contributed by atoms with Crippen molar-refractivity contribution in [2.24, 2.45) is 0 Å². The van der Waals surface area contributed by atoms with Gasteiger partial charge < -0.3 is 14.6 Å². The van der Waals surface area contributed by atoms with Crippen LogP contribution in [-0.4, -0.2) is 31.2 Å². The largest absolute Gasteiger partial charge is 0.417 e. The summed E-state index contributed by atoms with van der Waals surface area (Å²) >= 11 is 0. The van der Waals surface area contributed by atoms with E-state index in [0.717, 1.165) is 37.4 Å². The fraction of sp³-hybridized carbons (Fsp3) is 0.364. The van der Waals surface area contributed by atoms with Gasteiger partial charge in [-0.15, -0.1) is 24.8 Å². The van der Waals surface area contributed by atoms with Crippen LogP contribution in [0.25, 0.3) is 11.1 Å². The molecular formula is C11H15Cl2N3O2. The first-order valence-corrected chi connectivity index (χ1v) is 5.42. The summed E-state index contributed by atoms with van der Waals surface area (Å²) in [5, 5.41) is 3.30. The summed E-state index contributed by atoms with van der Waals surface area (Å²) in [4.78, 5) is 16.1. The first-order valence-electron chi connectivity index (χ1n) is 5.42. The zero-order valence-electron chi connectivity index (χ0n) is 9.64. The number of para-hydroxylation sites is 1. The Kier molecular flexibility index (Phi) is 5.07. The van der Waals surface area contributed by atoms with Gasteiger partial charge in [-0.2, -0.15) is 0 Å². The number of fused-ring (bicyclic) bond motifs is 1. The molecule has 2 heterocycles. The normalized spacial score (nSPS) is 15.0. The molecule has 3 rings (SSSR count). The van der Waals surface area contributed by atoms with Gasteiger partial charge in [-0.25, -0.2) is 4.79 Å². The van der Waals surface area contributed by atoms with Crippen molar-refractivity contribution in [2.45, 2.75) is 0 Å². The highest BCUT2D eigenvalue weighted by Gasteiger charge is 2.15. The second kappa shape index (κ2) is 6.13. The number of H-pyrrole nitrogens is 1. The topological polar surface area (TPSA) is 61.3 Å². The van der Waals surface area contributed by atoms with Crippen LogP contribution in [0, 0.1) is 0 Å². The molecule has 1 aromatic carbocycles. The van der Waals surface area contributed by atoms with Crippen LogP contribution in [0.5, 0.6) is 0 Å². The fourth-order valence-electron chi connectivity index (χ4n) is 2.11. The second-order valence-electron chi connectivity index (χ2n) is 3.91. The van der Waals surface area contributed by atoms with Crippen LogP contribution in [0.3, 0.4) is 0 Å². The van der Waals surface area contributed by atoms with E-state index >= 15 is 0 Å². The Balaban J connectivity index is 0.000000810. The number of nitrogens with one attached hydrogen (secondary N) is 2. The van der Waals surface area contributed by atoms with Gasteiger partial charge in [-0.3, -0.25) is 4.98 Å². The van der Waals surface area contributed by atoms with E-state index in [2.05, 4.69) is 15.2 Å². The molecule has 0 atom stereocenters. The highest BCUT2D eigenvalue weighted by molar-refractivity contribution is 5.86. The Bertz CT molecular complexity index is 561. The van der Waals surface area contributed by atoms with Crippen molar-refractivity contribution in [3.05, 3.63) is 28.7 Å². The summed E-state index contributed by atoms with van der Waals surface area (Å²) in [7, 11) is 0. The molecule has 7 heteroatoms. The van der Waals surface area contributed by atoms with Crippen LogP contribution >= 0.6 is 24.8 Å². The first-order chi connectivity index (χ1) is 7.84. The van der Waals surface area contributed by atoms with Gasteiger partial charge in [0.2, 0.25) is 0 Å². The van der Waals surface area contributed by atoms with E-state index in [9.17, 15) is 4.79 Å². The average Bonchev–Trinajstić information content (AvgIpc) is 2.70. The van der Waals surface area contributed by atoms with E-state index in [-0.39, 0.29) is 24.8 Å². The lowest BCUT2D eigenvalue weighted by Gasteiger charge is -2.29. The zero-order chi connectivity index (χ0) is 11.0. The van der Waals surface area contributed by atoms with Crippen molar-refractivity contribution in [3.63, 3.8) is 0 Å². The van der Waals surface area contributed by atoms with Gasteiger partial charge in [0.25, 0.3) is 0 Å². The molecule has 2 N–H and O–H groups in total. The molecule has 1 aliphatic rings. The average molecular weight is 292 g/mol. The highest BCUT2D eigenvalue weighted by atomic mass is 35.5. The van der Waals surface area contributed by atoms with E-state index < -0.39 is 5.76 Å². The van der Waals surface area contributed by atoms with Gasteiger partial charge in [0.1, 0.15) is 0 Å². The Hall–Kier alpha value is -1.17. The molecule has 0 amide bonds. The third-order valence-electron chi connectivity index (χ3n) is 2.88. The number of piperazine rings is 1. The van der Waals surface area contributed by atoms with Crippen molar-refractivity contribution in [2.75, 3.05) is 31.1 Å². The summed E-state index contributed by atoms with van der Waals surface area (Å²) in [6, 6.07) is 5.78. The van der Waals surface area contributed by atoms with E-state index in [1.165, 1.54) is 0 Å². The molecule has 1 aliphatic heterocycles. The molecule has 0 bridgehead atoms. The van der Waals surface area contributed by atoms with Gasteiger partial charge >= 0.3 is 5.76 Å². The van der Waals surface area contributed by atoms with Crippen LogP contribution in [0.15, 0.2) is 27.4 Å². The Morgan fingerprint density at radius 2 is 1.89 bits per heavy atom. The highest BCUT2D eigenvalue weighted by Crippen LogP contribution is 2.24. The number of nitrogens with zero attached hydrogens (tertiary/aromatic N) is 1. The maximum Gasteiger partial charge on any atom is 0.417 e. The summed E-state index contributed by atoms with van der Waals surface area (Å²) in [5.74, 6) is -0.391. The minimum atomic E-state index is -0.391. The minimum absolute atomic E-state index is 0. The molecular weight excluding hydrogens is 277 g/mol. The standard InChI is InChI=1S/C11H13N3O2.2ClH/c15-11-13-8-2-1-3-9(10(8)16-11)14-6-4-12-5-7-14;;/h1-3,12H,4-7H2,(H,13,15);2*1H. The summed E-state index contributed by atoms with van der Waals surface area (Å²) < 4.78 is 5.18. The number of benzene rings is 1. The lowest BCUT2D eigenvalue weighted by molar-refractivity contribution is 0.548. The van der Waals surface area contributed by atoms with Gasteiger partial charge in [-0.05, 0) is 12.1 Å². The molecule has 5 nitrogen and oxygen atoms in total. The molecule has 0 spiro atoms. The van der Waals surface area contributed by atoms with Crippen molar-refractivity contribution in [1.82, 2.24) is 10.3 Å². The smallest absolute Gasteiger partial charge is 0.406 e. The summed E-state index contributed by atoms with van der Waals surface area (Å²) in [6.45, 7) is 3.80. The fourth-order valence-corrected chi connectivity index (χ4v) is 2.11. The molecule has 1 aromatic heterocycles. The number of hydrogen-bond donors (Lipinski definition) is 2. The van der Waals surface area contributed by atoms with Crippen molar-refractivity contribution in [3.8, 4) is 0 Å². The van der Waals surface area contributed by atoms with Gasteiger partial charge in [0.05, 0.1) is 11.2 Å². The van der Waals surface area contributed by atoms with E-state index in [1.807, 2.05) is 18.2 Å². The third-order valence-corrected chi connectivity index (χ3v) is 2.88. The van der Waals surface area contributed by atoms with Crippen LogP contribution in [0.1, 0.15) is 0 Å². The van der Waals surface area contributed by atoms with Crippen LogP contribution in [0.2, 0.25) is 0 Å². The van der Waals surface area contributed by atoms with E-state index in [1.54, 1.807) is 0 Å². The lowest BCUT2D eigenvalue weighted by atomic mass is 10.2. The van der Waals surface area contributed by atoms with E-state index in [0.29, 0.717) is 5.58 Å². The Morgan fingerprint density at radius 3 is 2.61 bits per heavy atom. The van der Waals surface area contributed by atoms with Crippen LogP contribution < -0.4 is 16.0 Å². The van der Waals surface area contributed by atoms with Gasteiger partial charge in [0, 0.05) is 26.2 Å². The maximum atomic E-state index is 11.2. The molecule has 1 fully saturated rings. The number of anilines is 1. The number of halogens is 2. The number of aromatic amines is 1. The SMILES string of the molecule is Cl.Cl.O=c1[nH]c2cccc(N3CCNCC3)c2o1. The molecule has 100 valence electrons. The maximum absolute atomic E-state index is 11.2. The molecule has 1 saturated heterocycles. The van der Waals surface area contributed by atoms with Gasteiger partial charge in [0.15, 0.2) is 5.58 Å². The van der Waals surface area contributed by atoms with Crippen molar-refractivity contribution >= 4 is 41.6 Å². The molecule has 0 aliphatic carbocycles. The van der Waals surface area contributed by atoms with Crippen molar-refractivity contribution in [1.29, 1.82) is 0 Å². The Labute approximate surface area is 116 Å². The summed E-state index contributed by atoms with van der Waals surface area (Å²) in [5.41, 5.74) is 2.42. The number of oxazole rings is 1. The number of rotatable bonds is 1. The monoisotopic (exact) mass is 291 g/mol.